The molecule has 104 valence electrons. The molecule has 0 saturated heterocycles. The van der Waals surface area contributed by atoms with Crippen molar-refractivity contribution < 1.29 is 9.53 Å². The van der Waals surface area contributed by atoms with Gasteiger partial charge in [0.15, 0.2) is 5.75 Å². The average Bonchev–Trinajstić information content (AvgIpc) is 2.94. The van der Waals surface area contributed by atoms with Crippen LogP contribution in [0.25, 0.3) is 0 Å². The Kier molecular flexibility index (Phi) is 3.28. The van der Waals surface area contributed by atoms with Crippen LogP contribution in [0.4, 0.5) is 11.4 Å². The lowest BCUT2D eigenvalue weighted by Crippen LogP contribution is -2.21. The molecule has 2 aromatic rings. The second kappa shape index (κ2) is 5.24. The molecule has 0 fully saturated rings. The lowest BCUT2D eigenvalue weighted by molar-refractivity contribution is 0.102. The number of anilines is 2. The van der Waals surface area contributed by atoms with Crippen LogP contribution in [0.15, 0.2) is 30.6 Å². The topological polar surface area (TPSA) is 68.2 Å². The molecule has 0 radical (unpaired) electrons. The third kappa shape index (κ3) is 2.32. The van der Waals surface area contributed by atoms with E-state index in [0.29, 0.717) is 23.6 Å². The first-order chi connectivity index (χ1) is 9.78. The minimum absolute atomic E-state index is 0.193. The van der Waals surface area contributed by atoms with Gasteiger partial charge in [0.1, 0.15) is 6.61 Å². The highest BCUT2D eigenvalue weighted by atomic mass is 16.5. The number of hydrogen-bond acceptors (Lipinski definition) is 4. The summed E-state index contributed by atoms with van der Waals surface area (Å²) in [6.07, 6.45) is 3.43. The Hall–Kier alpha value is -2.50. The molecule has 1 aromatic carbocycles. The van der Waals surface area contributed by atoms with E-state index < -0.39 is 0 Å². The third-order valence-electron chi connectivity index (χ3n) is 3.14. The van der Waals surface area contributed by atoms with E-state index in [2.05, 4.69) is 15.7 Å². The summed E-state index contributed by atoms with van der Waals surface area (Å²) in [6.45, 7) is 4.07. The lowest BCUT2D eigenvalue weighted by Gasteiger charge is -2.21. The summed E-state index contributed by atoms with van der Waals surface area (Å²) in [4.78, 5) is 12.3. The Morgan fingerprint density at radius 1 is 1.55 bits per heavy atom. The summed E-state index contributed by atoms with van der Waals surface area (Å²) >= 11 is 0. The van der Waals surface area contributed by atoms with E-state index in [-0.39, 0.29) is 5.91 Å². The number of aryl methyl sites for hydroxylation is 1. The molecule has 1 aromatic heterocycles. The number of amides is 1. The van der Waals surface area contributed by atoms with Crippen molar-refractivity contribution in [2.45, 2.75) is 13.5 Å². The molecule has 0 unspecified atom stereocenters. The zero-order chi connectivity index (χ0) is 13.9. The van der Waals surface area contributed by atoms with Crippen molar-refractivity contribution in [1.82, 2.24) is 9.78 Å². The summed E-state index contributed by atoms with van der Waals surface area (Å²) in [7, 11) is 0. The van der Waals surface area contributed by atoms with Crippen molar-refractivity contribution in [3.05, 3.63) is 36.2 Å². The maximum Gasteiger partial charge on any atom is 0.259 e. The summed E-state index contributed by atoms with van der Waals surface area (Å²) in [5.74, 6) is 0.417. The summed E-state index contributed by atoms with van der Waals surface area (Å²) in [6, 6.07) is 5.50. The quantitative estimate of drug-likeness (QED) is 0.896. The number of hydrogen-bond donors (Lipinski definition) is 2. The maximum atomic E-state index is 12.3. The highest BCUT2D eigenvalue weighted by molar-refractivity contribution is 6.07. The Labute approximate surface area is 116 Å². The zero-order valence-corrected chi connectivity index (χ0v) is 11.2. The number of carbonyl (C=O) groups is 1. The van der Waals surface area contributed by atoms with E-state index in [1.165, 1.54) is 0 Å². The molecule has 1 amide bonds. The van der Waals surface area contributed by atoms with Crippen LogP contribution in [0.2, 0.25) is 0 Å². The van der Waals surface area contributed by atoms with Gasteiger partial charge in [-0.3, -0.25) is 9.48 Å². The molecule has 6 heteroatoms. The minimum Gasteiger partial charge on any atom is -0.489 e. The van der Waals surface area contributed by atoms with Gasteiger partial charge in [0.05, 0.1) is 23.1 Å². The largest absolute Gasteiger partial charge is 0.489 e. The molecule has 2 N–H and O–H groups in total. The number of benzene rings is 1. The van der Waals surface area contributed by atoms with Gasteiger partial charge in [-0.2, -0.15) is 5.10 Å². The van der Waals surface area contributed by atoms with Crippen LogP contribution in [0.5, 0.6) is 5.75 Å². The molecule has 20 heavy (non-hydrogen) atoms. The maximum absolute atomic E-state index is 12.3. The highest BCUT2D eigenvalue weighted by Crippen LogP contribution is 2.31. The molecule has 0 bridgehead atoms. The SMILES string of the molecule is CCn1cc(NC(=O)c2cccc3c2OCCN3)cn1. The number of nitrogens with one attached hydrogen (secondary N) is 2. The first-order valence-corrected chi connectivity index (χ1v) is 6.61. The second-order valence-electron chi connectivity index (χ2n) is 4.50. The number of ether oxygens (including phenoxy) is 1. The van der Waals surface area contributed by atoms with Gasteiger partial charge >= 0.3 is 0 Å². The molecule has 1 aliphatic heterocycles. The van der Waals surface area contributed by atoms with Crippen LogP contribution in [0.3, 0.4) is 0 Å². The van der Waals surface area contributed by atoms with Crippen LogP contribution in [0, 0.1) is 0 Å². The molecule has 6 nitrogen and oxygen atoms in total. The predicted molar refractivity (Wildman–Crippen MR) is 76.3 cm³/mol. The number of carbonyl (C=O) groups excluding carboxylic acids is 1. The number of aromatic nitrogens is 2. The standard InChI is InChI=1S/C14H16N4O2/c1-2-18-9-10(8-16-18)17-14(19)11-4-3-5-12-13(11)20-7-6-15-12/h3-5,8-9,15H,2,6-7H2,1H3,(H,17,19). The second-order valence-corrected chi connectivity index (χ2v) is 4.50. The van der Waals surface area contributed by atoms with Crippen LogP contribution in [-0.2, 0) is 6.54 Å². The fourth-order valence-electron chi connectivity index (χ4n) is 2.15. The van der Waals surface area contributed by atoms with Crippen LogP contribution >= 0.6 is 0 Å². The minimum atomic E-state index is -0.193. The van der Waals surface area contributed by atoms with Gasteiger partial charge in [0.25, 0.3) is 5.91 Å². The van der Waals surface area contributed by atoms with Crippen LogP contribution in [0.1, 0.15) is 17.3 Å². The summed E-state index contributed by atoms with van der Waals surface area (Å²) < 4.78 is 7.35. The molecular formula is C14H16N4O2. The van der Waals surface area contributed by atoms with Gasteiger partial charge in [0.2, 0.25) is 0 Å². The van der Waals surface area contributed by atoms with Gasteiger partial charge in [0, 0.05) is 19.3 Å². The Balaban J connectivity index is 1.83. The molecule has 0 spiro atoms. The first kappa shape index (κ1) is 12.5. The Bertz CT molecular complexity index is 636. The van der Waals surface area contributed by atoms with E-state index in [1.54, 1.807) is 23.1 Å². The Morgan fingerprint density at radius 2 is 2.45 bits per heavy atom. The molecule has 0 aliphatic carbocycles. The molecular weight excluding hydrogens is 256 g/mol. The summed E-state index contributed by atoms with van der Waals surface area (Å²) in [5.41, 5.74) is 2.06. The van der Waals surface area contributed by atoms with Gasteiger partial charge in [-0.1, -0.05) is 6.07 Å². The summed E-state index contributed by atoms with van der Waals surface area (Å²) in [5, 5.41) is 10.2. The van der Waals surface area contributed by atoms with Crippen molar-refractivity contribution in [2.75, 3.05) is 23.8 Å². The lowest BCUT2D eigenvalue weighted by atomic mass is 10.1. The molecule has 2 heterocycles. The van der Waals surface area contributed by atoms with Gasteiger partial charge in [-0.05, 0) is 19.1 Å². The zero-order valence-electron chi connectivity index (χ0n) is 11.2. The van der Waals surface area contributed by atoms with Crippen molar-refractivity contribution in [3.63, 3.8) is 0 Å². The van der Waals surface area contributed by atoms with E-state index >= 15 is 0 Å². The third-order valence-corrected chi connectivity index (χ3v) is 3.14. The molecule has 0 atom stereocenters. The molecule has 1 aliphatic rings. The smallest absolute Gasteiger partial charge is 0.259 e. The number of rotatable bonds is 3. The number of nitrogens with zero attached hydrogens (tertiary/aromatic N) is 2. The fourth-order valence-corrected chi connectivity index (χ4v) is 2.15. The molecule has 3 rings (SSSR count). The van der Waals surface area contributed by atoms with Gasteiger partial charge in [-0.15, -0.1) is 0 Å². The van der Waals surface area contributed by atoms with E-state index in [4.69, 9.17) is 4.74 Å². The van der Waals surface area contributed by atoms with Gasteiger partial charge < -0.3 is 15.4 Å². The van der Waals surface area contributed by atoms with Crippen LogP contribution in [-0.4, -0.2) is 28.8 Å². The predicted octanol–water partition coefficient (Wildman–Crippen LogP) is 1.96. The fraction of sp³-hybridized carbons (Fsp3) is 0.286. The molecule has 0 saturated carbocycles. The van der Waals surface area contributed by atoms with Crippen LogP contribution < -0.4 is 15.4 Å². The van der Waals surface area contributed by atoms with Gasteiger partial charge in [-0.25, -0.2) is 0 Å². The van der Waals surface area contributed by atoms with E-state index in [1.807, 2.05) is 19.1 Å². The normalized spacial score (nSPS) is 13.1. The van der Waals surface area contributed by atoms with Crippen molar-refractivity contribution in [3.8, 4) is 5.75 Å². The van der Waals surface area contributed by atoms with E-state index in [0.717, 1.165) is 18.8 Å². The first-order valence-electron chi connectivity index (χ1n) is 6.61. The van der Waals surface area contributed by atoms with Crippen molar-refractivity contribution in [2.24, 2.45) is 0 Å². The average molecular weight is 272 g/mol. The number of para-hydroxylation sites is 1. The highest BCUT2D eigenvalue weighted by Gasteiger charge is 2.19. The Morgan fingerprint density at radius 3 is 3.25 bits per heavy atom. The monoisotopic (exact) mass is 272 g/mol. The van der Waals surface area contributed by atoms with Crippen molar-refractivity contribution >= 4 is 17.3 Å². The van der Waals surface area contributed by atoms with E-state index in [9.17, 15) is 4.79 Å². The van der Waals surface area contributed by atoms with Crippen molar-refractivity contribution in [1.29, 1.82) is 0 Å². The number of fused-ring (bicyclic) bond motifs is 1.